The molecule has 2 aromatic rings. The van der Waals surface area contributed by atoms with Gasteiger partial charge in [0.25, 0.3) is 0 Å². The molecule has 0 fully saturated rings. The Morgan fingerprint density at radius 1 is 1.33 bits per heavy atom. The Morgan fingerprint density at radius 3 is 3.06 bits per heavy atom. The van der Waals surface area contributed by atoms with E-state index in [4.69, 9.17) is 4.74 Å². The zero-order valence-corrected chi connectivity index (χ0v) is 10.7. The van der Waals surface area contributed by atoms with Crippen LogP contribution < -0.4 is 5.32 Å². The van der Waals surface area contributed by atoms with E-state index < -0.39 is 0 Å². The predicted octanol–water partition coefficient (Wildman–Crippen LogP) is 1.14. The normalized spacial score (nSPS) is 11.3. The molecule has 2 rings (SSSR count). The van der Waals surface area contributed by atoms with Crippen LogP contribution in [0.15, 0.2) is 12.4 Å². The van der Waals surface area contributed by atoms with Crippen molar-refractivity contribution in [3.05, 3.63) is 12.4 Å². The molecule has 0 spiro atoms. The highest BCUT2D eigenvalue weighted by Gasteiger charge is 2.02. The molecule has 2 aromatic heterocycles. The number of anilines is 1. The molecule has 18 heavy (non-hydrogen) atoms. The number of fused-ring (bicyclic) bond motifs is 1. The number of ether oxygens (including phenoxy) is 1. The fourth-order valence-corrected chi connectivity index (χ4v) is 1.56. The topological polar surface area (TPSA) is 77.2 Å². The molecule has 0 atom stereocenters. The molecule has 0 aliphatic rings. The van der Waals surface area contributed by atoms with E-state index in [2.05, 4.69) is 25.8 Å². The van der Waals surface area contributed by atoms with Gasteiger partial charge in [-0.3, -0.25) is 4.98 Å². The number of unbranched alkanes of at least 4 members (excludes halogenated alkanes) is 1. The van der Waals surface area contributed by atoms with Crippen molar-refractivity contribution in [2.24, 2.45) is 0 Å². The van der Waals surface area contributed by atoms with Crippen LogP contribution in [-0.4, -0.2) is 44.3 Å². The molecule has 0 bridgehead atoms. The monoisotopic (exact) mass is 250 g/mol. The van der Waals surface area contributed by atoms with E-state index in [0.29, 0.717) is 11.8 Å². The second kappa shape index (κ2) is 6.25. The minimum atomic E-state index is 0.303. The van der Waals surface area contributed by atoms with Crippen molar-refractivity contribution in [3.63, 3.8) is 0 Å². The molecule has 2 heterocycles. The lowest BCUT2D eigenvalue weighted by Crippen LogP contribution is -2.09. The van der Waals surface area contributed by atoms with Gasteiger partial charge in [0.2, 0.25) is 0 Å². The van der Waals surface area contributed by atoms with Crippen LogP contribution in [0.1, 0.15) is 26.7 Å². The summed E-state index contributed by atoms with van der Waals surface area (Å²) in [5.74, 6) is 0.808. The molecule has 7 nitrogen and oxygen atoms in total. The highest BCUT2D eigenvalue weighted by atomic mass is 16.5. The number of hydrogen-bond acceptors (Lipinski definition) is 6. The summed E-state index contributed by atoms with van der Waals surface area (Å²) < 4.78 is 7.11. The smallest absolute Gasteiger partial charge is 0.199 e. The van der Waals surface area contributed by atoms with Gasteiger partial charge in [-0.05, 0) is 37.1 Å². The van der Waals surface area contributed by atoms with Gasteiger partial charge in [-0.15, -0.1) is 5.10 Å². The Bertz CT molecular complexity index is 483. The molecular formula is C11H18N6O. The predicted molar refractivity (Wildman–Crippen MR) is 67.4 cm³/mol. The lowest BCUT2D eigenvalue weighted by Gasteiger charge is -2.08. The summed E-state index contributed by atoms with van der Waals surface area (Å²) in [7, 11) is 0. The van der Waals surface area contributed by atoms with Crippen LogP contribution in [0.4, 0.5) is 5.82 Å². The van der Waals surface area contributed by atoms with Crippen LogP contribution in [0.3, 0.4) is 0 Å². The van der Waals surface area contributed by atoms with Crippen molar-refractivity contribution in [3.8, 4) is 0 Å². The molecule has 0 aromatic carbocycles. The lowest BCUT2D eigenvalue weighted by molar-refractivity contribution is 0.0765. The SMILES string of the molecule is CC(C)OCCCCNc1cncc2nnnn12. The average molecular weight is 250 g/mol. The largest absolute Gasteiger partial charge is 0.379 e. The Balaban J connectivity index is 1.75. The maximum absolute atomic E-state index is 5.47. The number of nitrogens with one attached hydrogen (secondary N) is 1. The van der Waals surface area contributed by atoms with Crippen LogP contribution in [0.5, 0.6) is 0 Å². The third-order valence-corrected chi connectivity index (χ3v) is 2.44. The maximum Gasteiger partial charge on any atom is 0.199 e. The lowest BCUT2D eigenvalue weighted by atomic mass is 10.3. The fourth-order valence-electron chi connectivity index (χ4n) is 1.56. The first-order chi connectivity index (χ1) is 8.77. The van der Waals surface area contributed by atoms with Crippen LogP contribution in [0.2, 0.25) is 0 Å². The third kappa shape index (κ3) is 3.36. The second-order valence-corrected chi connectivity index (χ2v) is 4.29. The maximum atomic E-state index is 5.47. The first-order valence-electron chi connectivity index (χ1n) is 6.15. The molecule has 0 saturated heterocycles. The molecule has 1 N–H and O–H groups in total. The van der Waals surface area contributed by atoms with E-state index in [1.165, 1.54) is 0 Å². The van der Waals surface area contributed by atoms with E-state index >= 15 is 0 Å². The highest BCUT2D eigenvalue weighted by Crippen LogP contribution is 2.06. The van der Waals surface area contributed by atoms with Gasteiger partial charge >= 0.3 is 0 Å². The van der Waals surface area contributed by atoms with Crippen LogP contribution in [-0.2, 0) is 4.74 Å². The number of nitrogens with zero attached hydrogens (tertiary/aromatic N) is 5. The molecule has 7 heteroatoms. The first kappa shape index (κ1) is 12.7. The number of rotatable bonds is 7. The van der Waals surface area contributed by atoms with Crippen molar-refractivity contribution >= 4 is 11.5 Å². The van der Waals surface area contributed by atoms with Crippen molar-refractivity contribution in [2.75, 3.05) is 18.5 Å². The van der Waals surface area contributed by atoms with Crippen molar-refractivity contribution in [2.45, 2.75) is 32.8 Å². The van der Waals surface area contributed by atoms with E-state index in [-0.39, 0.29) is 0 Å². The summed E-state index contributed by atoms with van der Waals surface area (Å²) in [6, 6.07) is 0. The van der Waals surface area contributed by atoms with E-state index in [0.717, 1.165) is 31.8 Å². The third-order valence-electron chi connectivity index (χ3n) is 2.44. The number of aromatic nitrogens is 5. The van der Waals surface area contributed by atoms with Gasteiger partial charge in [0, 0.05) is 13.2 Å². The molecule has 0 aliphatic heterocycles. The first-order valence-corrected chi connectivity index (χ1v) is 6.15. The molecule has 0 unspecified atom stereocenters. The van der Waals surface area contributed by atoms with Gasteiger partial charge < -0.3 is 10.1 Å². The van der Waals surface area contributed by atoms with Gasteiger partial charge in [0.15, 0.2) is 5.65 Å². The molecule has 98 valence electrons. The zero-order valence-electron chi connectivity index (χ0n) is 10.7. The summed E-state index contributed by atoms with van der Waals surface area (Å²) in [5, 5.41) is 14.6. The van der Waals surface area contributed by atoms with Gasteiger partial charge in [-0.1, -0.05) is 0 Å². The fraction of sp³-hybridized carbons (Fsp3) is 0.636. The number of tetrazole rings is 1. The Morgan fingerprint density at radius 2 is 2.22 bits per heavy atom. The van der Waals surface area contributed by atoms with Crippen molar-refractivity contribution in [1.82, 2.24) is 25.0 Å². The molecule has 0 aliphatic carbocycles. The summed E-state index contributed by atoms with van der Waals surface area (Å²) in [5.41, 5.74) is 0.642. The Kier molecular flexibility index (Phi) is 4.40. The van der Waals surface area contributed by atoms with Gasteiger partial charge in [0.1, 0.15) is 5.82 Å². The minimum absolute atomic E-state index is 0.303. The summed E-state index contributed by atoms with van der Waals surface area (Å²) in [6.07, 6.45) is 5.71. The van der Waals surface area contributed by atoms with Crippen LogP contribution in [0.25, 0.3) is 5.65 Å². The quantitative estimate of drug-likeness (QED) is 0.742. The second-order valence-electron chi connectivity index (χ2n) is 4.29. The summed E-state index contributed by atoms with van der Waals surface area (Å²) in [6.45, 7) is 5.74. The minimum Gasteiger partial charge on any atom is -0.379 e. The molecular weight excluding hydrogens is 232 g/mol. The number of hydrogen-bond donors (Lipinski definition) is 1. The van der Waals surface area contributed by atoms with Crippen molar-refractivity contribution in [1.29, 1.82) is 0 Å². The van der Waals surface area contributed by atoms with E-state index in [1.807, 2.05) is 13.8 Å². The summed E-state index contributed by atoms with van der Waals surface area (Å²) in [4.78, 5) is 4.07. The van der Waals surface area contributed by atoms with Gasteiger partial charge in [-0.25, -0.2) is 0 Å². The van der Waals surface area contributed by atoms with Gasteiger partial charge in [-0.2, -0.15) is 4.52 Å². The summed E-state index contributed by atoms with van der Waals surface area (Å²) >= 11 is 0. The molecule has 0 amide bonds. The Hall–Kier alpha value is -1.76. The molecule has 0 radical (unpaired) electrons. The van der Waals surface area contributed by atoms with Gasteiger partial charge in [0.05, 0.1) is 18.5 Å². The van der Waals surface area contributed by atoms with Crippen molar-refractivity contribution < 1.29 is 4.74 Å². The standard InChI is InChI=1S/C11H18N6O/c1-9(2)18-6-4-3-5-13-10-7-12-8-11-14-15-16-17(10)11/h7-9,13H,3-6H2,1-2H3. The zero-order chi connectivity index (χ0) is 12.8. The molecule has 0 saturated carbocycles. The Labute approximate surface area is 106 Å². The van der Waals surface area contributed by atoms with Crippen LogP contribution in [0, 0.1) is 0 Å². The average Bonchev–Trinajstić information content (AvgIpc) is 2.82. The van der Waals surface area contributed by atoms with E-state index in [1.54, 1.807) is 16.9 Å². The highest BCUT2D eigenvalue weighted by molar-refractivity contribution is 5.43. The van der Waals surface area contributed by atoms with E-state index in [9.17, 15) is 0 Å². The van der Waals surface area contributed by atoms with Crippen LogP contribution >= 0.6 is 0 Å².